The summed E-state index contributed by atoms with van der Waals surface area (Å²) in [5, 5.41) is 11.6. The molecule has 0 aliphatic heterocycles. The van der Waals surface area contributed by atoms with E-state index in [2.05, 4.69) is 19.2 Å². The van der Waals surface area contributed by atoms with E-state index in [0.717, 1.165) is 22.9 Å². The summed E-state index contributed by atoms with van der Waals surface area (Å²) in [7, 11) is 0. The van der Waals surface area contributed by atoms with Crippen molar-refractivity contribution in [2.24, 2.45) is 11.3 Å². The van der Waals surface area contributed by atoms with Gasteiger partial charge in [-0.2, -0.15) is 0 Å². The molecule has 1 aromatic heterocycles. The van der Waals surface area contributed by atoms with E-state index in [1.807, 2.05) is 6.92 Å². The third-order valence-electron chi connectivity index (χ3n) is 3.78. The largest absolute Gasteiger partial charge is 0.478 e. The predicted molar refractivity (Wildman–Crippen MR) is 79.9 cm³/mol. The van der Waals surface area contributed by atoms with E-state index in [0.29, 0.717) is 22.8 Å². The summed E-state index contributed by atoms with van der Waals surface area (Å²) >= 11 is 1.32. The standard InChI is InChI=1S/C15H19NO3S/c1-9-6-12(20-11(9)4-5-13(17)18)14(19)16-8-10-7-15(10,2)3/h4-6,10H,7-8H2,1-3H3,(H,16,19)(H,17,18)/b5-4+. The molecule has 20 heavy (non-hydrogen) atoms. The summed E-state index contributed by atoms with van der Waals surface area (Å²) in [6, 6.07) is 1.81. The van der Waals surface area contributed by atoms with Crippen molar-refractivity contribution in [3.05, 3.63) is 27.5 Å². The Labute approximate surface area is 122 Å². The molecule has 1 fully saturated rings. The Morgan fingerprint density at radius 3 is 2.75 bits per heavy atom. The lowest BCUT2D eigenvalue weighted by Crippen LogP contribution is -2.25. The second-order valence-corrected chi connectivity index (χ2v) is 7.01. The lowest BCUT2D eigenvalue weighted by Gasteiger charge is -2.04. The number of carboxylic acid groups (broad SMARTS) is 1. The van der Waals surface area contributed by atoms with Gasteiger partial charge < -0.3 is 10.4 Å². The van der Waals surface area contributed by atoms with E-state index >= 15 is 0 Å². The van der Waals surface area contributed by atoms with Crippen molar-refractivity contribution in [2.75, 3.05) is 6.54 Å². The molecule has 2 N–H and O–H groups in total. The first kappa shape index (κ1) is 14.8. The van der Waals surface area contributed by atoms with E-state index in [1.165, 1.54) is 17.4 Å². The highest BCUT2D eigenvalue weighted by Gasteiger charge is 2.45. The van der Waals surface area contributed by atoms with Crippen molar-refractivity contribution in [3.8, 4) is 0 Å². The molecule has 0 spiro atoms. The summed E-state index contributed by atoms with van der Waals surface area (Å²) in [6.45, 7) is 6.99. The van der Waals surface area contributed by atoms with Crippen LogP contribution >= 0.6 is 11.3 Å². The molecule has 0 radical (unpaired) electrons. The van der Waals surface area contributed by atoms with Gasteiger partial charge in [0.05, 0.1) is 4.88 Å². The first-order chi connectivity index (χ1) is 9.29. The molecule has 1 aromatic rings. The molecular weight excluding hydrogens is 274 g/mol. The maximum absolute atomic E-state index is 12.1. The number of aryl methyl sites for hydroxylation is 1. The van der Waals surface area contributed by atoms with Gasteiger partial charge in [-0.15, -0.1) is 11.3 Å². The van der Waals surface area contributed by atoms with Crippen LogP contribution in [0.1, 0.15) is 40.4 Å². The first-order valence-electron chi connectivity index (χ1n) is 6.59. The number of nitrogens with one attached hydrogen (secondary N) is 1. The number of carbonyl (C=O) groups excluding carboxylic acids is 1. The van der Waals surface area contributed by atoms with Crippen LogP contribution < -0.4 is 5.32 Å². The molecule has 5 heteroatoms. The fraction of sp³-hybridized carbons (Fsp3) is 0.467. The molecular formula is C15H19NO3S. The minimum absolute atomic E-state index is 0.0734. The third-order valence-corrected chi connectivity index (χ3v) is 4.98. The molecule has 1 unspecified atom stereocenters. The molecule has 1 aliphatic carbocycles. The number of aliphatic carboxylic acids is 1. The van der Waals surface area contributed by atoms with E-state index in [4.69, 9.17) is 5.11 Å². The van der Waals surface area contributed by atoms with Crippen LogP contribution in [-0.2, 0) is 4.79 Å². The lowest BCUT2D eigenvalue weighted by atomic mass is 10.1. The summed E-state index contributed by atoms with van der Waals surface area (Å²) < 4.78 is 0. The van der Waals surface area contributed by atoms with Crippen molar-refractivity contribution < 1.29 is 14.7 Å². The molecule has 1 heterocycles. The van der Waals surface area contributed by atoms with Crippen LogP contribution in [0, 0.1) is 18.3 Å². The SMILES string of the molecule is Cc1cc(C(=O)NCC2CC2(C)C)sc1/C=C/C(=O)O. The molecule has 1 saturated carbocycles. The number of carbonyl (C=O) groups is 2. The van der Waals surface area contributed by atoms with Gasteiger partial charge in [0.1, 0.15) is 0 Å². The zero-order valence-electron chi connectivity index (χ0n) is 11.9. The smallest absolute Gasteiger partial charge is 0.328 e. The Balaban J connectivity index is 1.97. The van der Waals surface area contributed by atoms with Crippen LogP contribution in [0.2, 0.25) is 0 Å². The third kappa shape index (κ3) is 3.48. The minimum Gasteiger partial charge on any atom is -0.478 e. The van der Waals surface area contributed by atoms with Crippen molar-refractivity contribution in [1.29, 1.82) is 0 Å². The highest BCUT2D eigenvalue weighted by atomic mass is 32.1. The predicted octanol–water partition coefficient (Wildman–Crippen LogP) is 2.93. The van der Waals surface area contributed by atoms with Crippen LogP contribution in [-0.4, -0.2) is 23.5 Å². The second kappa shape index (κ2) is 5.40. The van der Waals surface area contributed by atoms with Crippen LogP contribution in [0.4, 0.5) is 0 Å². The zero-order valence-corrected chi connectivity index (χ0v) is 12.7. The monoisotopic (exact) mass is 293 g/mol. The fourth-order valence-corrected chi connectivity index (χ4v) is 3.14. The van der Waals surface area contributed by atoms with Gasteiger partial charge in [-0.25, -0.2) is 4.79 Å². The average Bonchev–Trinajstić information content (AvgIpc) is 2.79. The normalized spacial score (nSPS) is 20.1. The highest BCUT2D eigenvalue weighted by molar-refractivity contribution is 7.15. The van der Waals surface area contributed by atoms with Crippen molar-refractivity contribution >= 4 is 29.3 Å². The summed E-state index contributed by atoms with van der Waals surface area (Å²) in [4.78, 5) is 24.0. The maximum Gasteiger partial charge on any atom is 0.328 e. The van der Waals surface area contributed by atoms with Gasteiger partial charge in [0.15, 0.2) is 0 Å². The Bertz CT molecular complexity index is 572. The summed E-state index contributed by atoms with van der Waals surface area (Å²) in [6.07, 6.45) is 3.78. The maximum atomic E-state index is 12.1. The number of hydrogen-bond acceptors (Lipinski definition) is 3. The number of rotatable bonds is 5. The Morgan fingerprint density at radius 2 is 2.20 bits per heavy atom. The summed E-state index contributed by atoms with van der Waals surface area (Å²) in [5.41, 5.74) is 1.28. The Hall–Kier alpha value is -1.62. The second-order valence-electron chi connectivity index (χ2n) is 5.93. The number of thiophene rings is 1. The van der Waals surface area contributed by atoms with E-state index in [-0.39, 0.29) is 5.91 Å². The minimum atomic E-state index is -0.986. The fourth-order valence-electron chi connectivity index (χ4n) is 2.15. The molecule has 108 valence electrons. The molecule has 0 aromatic carbocycles. The molecule has 2 rings (SSSR count). The molecule has 0 bridgehead atoms. The van der Waals surface area contributed by atoms with Crippen molar-refractivity contribution in [1.82, 2.24) is 5.32 Å². The van der Waals surface area contributed by atoms with Crippen LogP contribution in [0.25, 0.3) is 6.08 Å². The van der Waals surface area contributed by atoms with E-state index in [1.54, 1.807) is 6.07 Å². The summed E-state index contributed by atoms with van der Waals surface area (Å²) in [5.74, 6) is -0.491. The van der Waals surface area contributed by atoms with Gasteiger partial charge in [-0.1, -0.05) is 13.8 Å². The van der Waals surface area contributed by atoms with Crippen LogP contribution in [0.3, 0.4) is 0 Å². The van der Waals surface area contributed by atoms with Crippen LogP contribution in [0.5, 0.6) is 0 Å². The highest BCUT2D eigenvalue weighted by Crippen LogP contribution is 2.51. The molecule has 1 aliphatic rings. The average molecular weight is 293 g/mol. The zero-order chi connectivity index (χ0) is 14.9. The van der Waals surface area contributed by atoms with E-state index in [9.17, 15) is 9.59 Å². The number of carboxylic acids is 1. The molecule has 1 amide bonds. The number of amides is 1. The van der Waals surface area contributed by atoms with Gasteiger partial charge in [0.25, 0.3) is 5.91 Å². The first-order valence-corrected chi connectivity index (χ1v) is 7.41. The Kier molecular flexibility index (Phi) is 3.99. The van der Waals surface area contributed by atoms with E-state index < -0.39 is 5.97 Å². The lowest BCUT2D eigenvalue weighted by molar-refractivity contribution is -0.131. The van der Waals surface area contributed by atoms with Gasteiger partial charge in [-0.05, 0) is 42.4 Å². The van der Waals surface area contributed by atoms with Crippen LogP contribution in [0.15, 0.2) is 12.1 Å². The Morgan fingerprint density at radius 1 is 1.55 bits per heavy atom. The van der Waals surface area contributed by atoms with Gasteiger partial charge >= 0.3 is 5.97 Å². The number of hydrogen-bond donors (Lipinski definition) is 2. The quantitative estimate of drug-likeness (QED) is 0.820. The van der Waals surface area contributed by atoms with Crippen molar-refractivity contribution in [2.45, 2.75) is 27.2 Å². The topological polar surface area (TPSA) is 66.4 Å². The van der Waals surface area contributed by atoms with Gasteiger partial charge in [0.2, 0.25) is 0 Å². The molecule has 0 saturated heterocycles. The van der Waals surface area contributed by atoms with Gasteiger partial charge in [-0.3, -0.25) is 4.79 Å². The molecule has 1 atom stereocenters. The molecule has 4 nitrogen and oxygen atoms in total. The van der Waals surface area contributed by atoms with Crippen molar-refractivity contribution in [3.63, 3.8) is 0 Å². The van der Waals surface area contributed by atoms with Gasteiger partial charge in [0, 0.05) is 17.5 Å².